The van der Waals surface area contributed by atoms with E-state index in [-0.39, 0.29) is 38.3 Å². The lowest BCUT2D eigenvalue weighted by atomic mass is 10.1. The standard InChI is InChI=1S/C19H20F6N4O4/c20-18(21,22)9-29(10-1-2-10)15(16(26)31)17(32)27-13-4-3-11(7-12(13)19(23,24)25)28-5-6-33-8-14(28)30/h3-4,7,10,15H,1-2,5-6,8-9H2,(H2,26,31)(H,27,32)/t15-/m0/s1. The summed E-state index contributed by atoms with van der Waals surface area (Å²) in [4.78, 5) is 38.1. The molecule has 1 aromatic rings. The molecule has 2 fully saturated rings. The van der Waals surface area contributed by atoms with E-state index in [1.165, 1.54) is 0 Å². The Labute approximate surface area is 183 Å². The summed E-state index contributed by atoms with van der Waals surface area (Å²) in [5, 5.41) is 1.89. The van der Waals surface area contributed by atoms with Gasteiger partial charge in [-0.05, 0) is 31.0 Å². The van der Waals surface area contributed by atoms with E-state index >= 15 is 0 Å². The minimum atomic E-state index is -4.99. The van der Waals surface area contributed by atoms with Gasteiger partial charge < -0.3 is 20.7 Å². The lowest BCUT2D eigenvalue weighted by Crippen LogP contribution is -2.55. The molecule has 2 aliphatic rings. The van der Waals surface area contributed by atoms with Crippen LogP contribution in [0.4, 0.5) is 37.7 Å². The highest BCUT2D eigenvalue weighted by Crippen LogP contribution is 2.38. The van der Waals surface area contributed by atoms with E-state index in [1.807, 2.05) is 5.32 Å². The fourth-order valence-corrected chi connectivity index (χ4v) is 3.52. The van der Waals surface area contributed by atoms with Crippen LogP contribution in [0, 0.1) is 0 Å². The van der Waals surface area contributed by atoms with Crippen molar-refractivity contribution < 1.29 is 45.5 Å². The molecule has 1 saturated carbocycles. The minimum Gasteiger partial charge on any atom is -0.370 e. The molecule has 1 aromatic carbocycles. The predicted molar refractivity (Wildman–Crippen MR) is 102 cm³/mol. The van der Waals surface area contributed by atoms with Gasteiger partial charge in [0, 0.05) is 18.3 Å². The lowest BCUT2D eigenvalue weighted by Gasteiger charge is -2.30. The molecule has 0 bridgehead atoms. The molecule has 0 spiro atoms. The van der Waals surface area contributed by atoms with Crippen molar-refractivity contribution in [2.45, 2.75) is 37.3 Å². The number of ether oxygens (including phenoxy) is 1. The molecule has 8 nitrogen and oxygen atoms in total. The number of amides is 3. The van der Waals surface area contributed by atoms with Crippen LogP contribution in [0.2, 0.25) is 0 Å². The molecule has 14 heteroatoms. The van der Waals surface area contributed by atoms with Gasteiger partial charge in [-0.15, -0.1) is 0 Å². The maximum absolute atomic E-state index is 13.7. The van der Waals surface area contributed by atoms with Crippen LogP contribution in [0.1, 0.15) is 18.4 Å². The first-order valence-corrected chi connectivity index (χ1v) is 9.80. The zero-order valence-corrected chi connectivity index (χ0v) is 17.0. The number of anilines is 2. The van der Waals surface area contributed by atoms with Crippen LogP contribution >= 0.6 is 0 Å². The third kappa shape index (κ3) is 6.13. The maximum atomic E-state index is 13.7. The first kappa shape index (κ1) is 24.8. The van der Waals surface area contributed by atoms with E-state index in [4.69, 9.17) is 10.5 Å². The number of halogens is 6. The molecule has 33 heavy (non-hydrogen) atoms. The zero-order valence-electron chi connectivity index (χ0n) is 17.0. The fraction of sp³-hybridized carbons (Fsp3) is 0.526. The Morgan fingerprint density at radius 2 is 1.88 bits per heavy atom. The SMILES string of the molecule is NC(=O)[C@@H](C(=O)Nc1ccc(N2CCOCC2=O)cc1C(F)(F)F)N(CC(F)(F)F)C1CC1. The Kier molecular flexibility index (Phi) is 6.88. The fourth-order valence-electron chi connectivity index (χ4n) is 3.52. The first-order chi connectivity index (χ1) is 15.3. The number of nitrogens with two attached hydrogens (primary N) is 1. The minimum absolute atomic E-state index is 0.0133. The third-order valence-electron chi connectivity index (χ3n) is 5.09. The molecule has 3 N–H and O–H groups in total. The van der Waals surface area contributed by atoms with Crippen LogP contribution in [0.5, 0.6) is 0 Å². The molecule has 0 radical (unpaired) electrons. The first-order valence-electron chi connectivity index (χ1n) is 9.80. The van der Waals surface area contributed by atoms with E-state index in [2.05, 4.69) is 0 Å². The van der Waals surface area contributed by atoms with Gasteiger partial charge >= 0.3 is 12.4 Å². The second-order valence-corrected chi connectivity index (χ2v) is 7.64. The molecular formula is C19H20F6N4O4. The van der Waals surface area contributed by atoms with Crippen LogP contribution in [-0.2, 0) is 25.3 Å². The quantitative estimate of drug-likeness (QED) is 0.456. The largest absolute Gasteiger partial charge is 0.418 e. The van der Waals surface area contributed by atoms with Gasteiger partial charge in [0.2, 0.25) is 5.91 Å². The third-order valence-corrected chi connectivity index (χ3v) is 5.09. The van der Waals surface area contributed by atoms with Gasteiger partial charge in [0.15, 0.2) is 6.04 Å². The van der Waals surface area contributed by atoms with Gasteiger partial charge in [-0.25, -0.2) is 0 Å². The second-order valence-electron chi connectivity index (χ2n) is 7.64. The van der Waals surface area contributed by atoms with Gasteiger partial charge in [-0.2, -0.15) is 26.3 Å². The summed E-state index contributed by atoms with van der Waals surface area (Å²) in [6, 6.07) is -0.233. The number of primary amides is 1. The van der Waals surface area contributed by atoms with Crippen molar-refractivity contribution in [2.75, 3.05) is 36.5 Å². The van der Waals surface area contributed by atoms with Crippen molar-refractivity contribution in [1.29, 1.82) is 0 Å². The van der Waals surface area contributed by atoms with Crippen molar-refractivity contribution in [3.8, 4) is 0 Å². The van der Waals surface area contributed by atoms with Crippen molar-refractivity contribution >= 4 is 29.1 Å². The van der Waals surface area contributed by atoms with Crippen molar-refractivity contribution in [2.24, 2.45) is 5.73 Å². The molecular weight excluding hydrogens is 462 g/mol. The van der Waals surface area contributed by atoms with Crippen LogP contribution in [0.25, 0.3) is 0 Å². The van der Waals surface area contributed by atoms with Crippen LogP contribution < -0.4 is 16.0 Å². The molecule has 1 atom stereocenters. The van der Waals surface area contributed by atoms with E-state index in [1.54, 1.807) is 0 Å². The Balaban J connectivity index is 1.90. The number of rotatable bonds is 7. The van der Waals surface area contributed by atoms with Crippen molar-refractivity contribution in [3.05, 3.63) is 23.8 Å². The molecule has 3 amide bonds. The normalized spacial score (nSPS) is 18.4. The number of carbonyl (C=O) groups is 3. The number of alkyl halides is 6. The maximum Gasteiger partial charge on any atom is 0.418 e. The van der Waals surface area contributed by atoms with Crippen LogP contribution in [0.15, 0.2) is 18.2 Å². The van der Waals surface area contributed by atoms with Gasteiger partial charge in [-0.1, -0.05) is 0 Å². The molecule has 1 aliphatic carbocycles. The molecule has 3 rings (SSSR count). The van der Waals surface area contributed by atoms with Crippen LogP contribution in [-0.4, -0.2) is 67.2 Å². The Bertz CT molecular complexity index is 932. The number of nitrogens with one attached hydrogen (secondary N) is 1. The Hall–Kier alpha value is -2.87. The van der Waals surface area contributed by atoms with Gasteiger partial charge in [0.25, 0.3) is 11.8 Å². The Morgan fingerprint density at radius 3 is 2.39 bits per heavy atom. The lowest BCUT2D eigenvalue weighted by molar-refractivity contribution is -0.158. The molecule has 0 unspecified atom stereocenters. The van der Waals surface area contributed by atoms with E-state index in [0.717, 1.165) is 17.0 Å². The van der Waals surface area contributed by atoms with Gasteiger partial charge in [-0.3, -0.25) is 19.3 Å². The van der Waals surface area contributed by atoms with E-state index in [0.29, 0.717) is 11.0 Å². The number of hydrogen-bond acceptors (Lipinski definition) is 5. The Morgan fingerprint density at radius 1 is 1.21 bits per heavy atom. The number of nitrogens with zero attached hydrogens (tertiary/aromatic N) is 2. The van der Waals surface area contributed by atoms with Crippen molar-refractivity contribution in [3.63, 3.8) is 0 Å². The summed E-state index contributed by atoms with van der Waals surface area (Å²) in [5.41, 5.74) is 2.92. The molecule has 182 valence electrons. The summed E-state index contributed by atoms with van der Waals surface area (Å²) < 4.78 is 84.9. The van der Waals surface area contributed by atoms with Crippen molar-refractivity contribution in [1.82, 2.24) is 4.90 Å². The van der Waals surface area contributed by atoms with Crippen LogP contribution in [0.3, 0.4) is 0 Å². The highest BCUT2D eigenvalue weighted by molar-refractivity contribution is 6.10. The number of morpholine rings is 1. The summed E-state index contributed by atoms with van der Waals surface area (Å²) in [6.45, 7) is -1.80. The number of hydrogen-bond donors (Lipinski definition) is 2. The molecule has 0 aromatic heterocycles. The average Bonchev–Trinajstić information content (AvgIpc) is 3.51. The molecule has 1 aliphatic heterocycles. The summed E-state index contributed by atoms with van der Waals surface area (Å²) >= 11 is 0. The summed E-state index contributed by atoms with van der Waals surface area (Å²) in [6.07, 6.45) is -9.19. The highest BCUT2D eigenvalue weighted by Gasteiger charge is 2.46. The number of benzene rings is 1. The monoisotopic (exact) mass is 482 g/mol. The van der Waals surface area contributed by atoms with Gasteiger partial charge in [0.05, 0.1) is 24.4 Å². The second kappa shape index (κ2) is 9.17. The highest BCUT2D eigenvalue weighted by atomic mass is 19.4. The van der Waals surface area contributed by atoms with E-state index < -0.39 is 60.0 Å². The summed E-state index contributed by atoms with van der Waals surface area (Å²) in [7, 11) is 0. The summed E-state index contributed by atoms with van der Waals surface area (Å²) in [5.74, 6) is -3.40. The molecule has 1 heterocycles. The van der Waals surface area contributed by atoms with Gasteiger partial charge in [0.1, 0.15) is 6.61 Å². The smallest absolute Gasteiger partial charge is 0.370 e. The number of carbonyl (C=O) groups excluding carboxylic acids is 3. The zero-order chi connectivity index (χ0) is 24.6. The predicted octanol–water partition coefficient (Wildman–Crippen LogP) is 1.89. The average molecular weight is 482 g/mol. The topological polar surface area (TPSA) is 105 Å². The molecule has 1 saturated heterocycles. The van der Waals surface area contributed by atoms with E-state index in [9.17, 15) is 40.7 Å².